The lowest BCUT2D eigenvalue weighted by atomic mass is 10.0. The molecule has 25 heavy (non-hydrogen) atoms. The molecule has 0 atom stereocenters. The lowest BCUT2D eigenvalue weighted by Crippen LogP contribution is -1.87. The molecule has 152 valence electrons. The topological polar surface area (TPSA) is 35.5 Å². The average molecular weight is 395 g/mol. The number of unbranched alkanes of at least 4 members (excludes halogenated alkanes) is 15. The van der Waals surface area contributed by atoms with E-state index in [0.29, 0.717) is 0 Å². The first-order valence-electron chi connectivity index (χ1n) is 10.5. The smallest absolute Gasteiger partial charge is 0.304 e. The zero-order chi connectivity index (χ0) is 18.6. The van der Waals surface area contributed by atoms with Crippen LogP contribution >= 0.6 is 18.2 Å². The van der Waals surface area contributed by atoms with Crippen molar-refractivity contribution in [2.45, 2.75) is 110 Å². The van der Waals surface area contributed by atoms with Gasteiger partial charge in [0.2, 0.25) is 0 Å². The molecule has 0 spiro atoms. The van der Waals surface area contributed by atoms with E-state index in [0.717, 1.165) is 12.2 Å². The summed E-state index contributed by atoms with van der Waals surface area (Å²) in [5.74, 6) is 0.859. The summed E-state index contributed by atoms with van der Waals surface area (Å²) in [6, 6.07) is 0. The highest BCUT2D eigenvalue weighted by molar-refractivity contribution is 8.55. The normalized spacial score (nSPS) is 12.0. The Balaban J connectivity index is 3.13. The Morgan fingerprint density at radius 2 is 0.920 bits per heavy atom. The van der Waals surface area contributed by atoms with Crippen molar-refractivity contribution in [3.05, 3.63) is 0 Å². The highest BCUT2D eigenvalue weighted by Crippen LogP contribution is 2.59. The van der Waals surface area contributed by atoms with Crippen molar-refractivity contribution in [3.63, 3.8) is 0 Å². The van der Waals surface area contributed by atoms with E-state index in [-0.39, 0.29) is 0 Å². The maximum atomic E-state index is 11.8. The van der Waals surface area contributed by atoms with Crippen LogP contribution in [0.1, 0.15) is 110 Å². The maximum Gasteiger partial charge on any atom is 0.388 e. The molecule has 0 aliphatic heterocycles. The van der Waals surface area contributed by atoms with E-state index >= 15 is 0 Å². The summed E-state index contributed by atoms with van der Waals surface area (Å²) in [5, 5.41) is 0. The van der Waals surface area contributed by atoms with Crippen LogP contribution in [0.15, 0.2) is 0 Å². The van der Waals surface area contributed by atoms with E-state index in [9.17, 15) is 4.57 Å². The van der Waals surface area contributed by atoms with Crippen LogP contribution in [0.5, 0.6) is 0 Å². The summed E-state index contributed by atoms with van der Waals surface area (Å²) in [6.45, 7) is -0.574. The van der Waals surface area contributed by atoms with Gasteiger partial charge < -0.3 is 9.05 Å². The highest BCUT2D eigenvalue weighted by Gasteiger charge is 2.20. The van der Waals surface area contributed by atoms with Crippen molar-refractivity contribution >= 4 is 18.2 Å². The summed E-state index contributed by atoms with van der Waals surface area (Å²) in [7, 11) is 2.90. The second-order valence-corrected chi connectivity index (χ2v) is 11.4. The molecular formula is C20H43O3PS. The molecular weight excluding hydrogens is 351 g/mol. The van der Waals surface area contributed by atoms with Crippen molar-refractivity contribution in [3.8, 4) is 0 Å². The Morgan fingerprint density at radius 3 is 1.24 bits per heavy atom. The molecule has 0 aromatic rings. The minimum absolute atomic E-state index is 0.859. The first kappa shape index (κ1) is 25.5. The van der Waals surface area contributed by atoms with Crippen LogP contribution in [0.3, 0.4) is 0 Å². The summed E-state index contributed by atoms with van der Waals surface area (Å²) >= 11 is 1.32. The lowest BCUT2D eigenvalue weighted by molar-refractivity contribution is 0.295. The SMILES string of the molecule is CCCCCCCCCCCCCCCCCCSP(=O)(OC)OC. The monoisotopic (exact) mass is 394 g/mol. The zero-order valence-corrected chi connectivity index (χ0v) is 18.8. The lowest BCUT2D eigenvalue weighted by Gasteiger charge is -2.11. The van der Waals surface area contributed by atoms with Gasteiger partial charge >= 0.3 is 6.80 Å². The van der Waals surface area contributed by atoms with Gasteiger partial charge in [-0.05, 0) is 17.8 Å². The molecule has 0 saturated carbocycles. The van der Waals surface area contributed by atoms with E-state index < -0.39 is 6.80 Å². The molecule has 0 fully saturated rings. The summed E-state index contributed by atoms with van der Waals surface area (Å²) in [5.41, 5.74) is 0. The summed E-state index contributed by atoms with van der Waals surface area (Å²) in [6.07, 6.45) is 22.0. The van der Waals surface area contributed by atoms with E-state index in [1.165, 1.54) is 122 Å². The van der Waals surface area contributed by atoms with Gasteiger partial charge in [0.05, 0.1) is 0 Å². The minimum Gasteiger partial charge on any atom is -0.304 e. The van der Waals surface area contributed by atoms with Crippen LogP contribution in [0.25, 0.3) is 0 Å². The maximum absolute atomic E-state index is 11.8. The molecule has 0 unspecified atom stereocenters. The molecule has 5 heteroatoms. The Bertz CT molecular complexity index is 305. The first-order chi connectivity index (χ1) is 12.2. The molecule has 0 heterocycles. The van der Waals surface area contributed by atoms with Crippen LogP contribution in [0.2, 0.25) is 0 Å². The van der Waals surface area contributed by atoms with Gasteiger partial charge in [0.1, 0.15) is 0 Å². The molecule has 0 bridgehead atoms. The van der Waals surface area contributed by atoms with Gasteiger partial charge in [-0.2, -0.15) is 0 Å². The molecule has 0 aromatic carbocycles. The second kappa shape index (κ2) is 19.3. The van der Waals surface area contributed by atoms with E-state index in [2.05, 4.69) is 6.92 Å². The van der Waals surface area contributed by atoms with Gasteiger partial charge in [-0.25, -0.2) is 4.57 Å². The molecule has 0 aromatic heterocycles. The van der Waals surface area contributed by atoms with Gasteiger partial charge in [-0.3, -0.25) is 0 Å². The zero-order valence-electron chi connectivity index (χ0n) is 17.1. The molecule has 0 N–H and O–H groups in total. The van der Waals surface area contributed by atoms with Gasteiger partial charge in [0, 0.05) is 20.0 Å². The molecule has 0 saturated heterocycles. The van der Waals surface area contributed by atoms with Crippen molar-refractivity contribution in [2.75, 3.05) is 20.0 Å². The Morgan fingerprint density at radius 1 is 0.600 bits per heavy atom. The number of hydrogen-bond acceptors (Lipinski definition) is 4. The van der Waals surface area contributed by atoms with Crippen LogP contribution in [-0.2, 0) is 13.6 Å². The number of hydrogen-bond donors (Lipinski definition) is 0. The van der Waals surface area contributed by atoms with Crippen molar-refractivity contribution in [1.82, 2.24) is 0 Å². The van der Waals surface area contributed by atoms with Gasteiger partial charge in [0.25, 0.3) is 0 Å². The Kier molecular flexibility index (Phi) is 19.7. The molecule has 0 radical (unpaired) electrons. The molecule has 0 rings (SSSR count). The average Bonchev–Trinajstić information content (AvgIpc) is 2.64. The van der Waals surface area contributed by atoms with E-state index in [1.807, 2.05) is 0 Å². The van der Waals surface area contributed by atoms with Crippen molar-refractivity contribution in [1.29, 1.82) is 0 Å². The first-order valence-corrected chi connectivity index (χ1v) is 13.7. The largest absolute Gasteiger partial charge is 0.388 e. The van der Waals surface area contributed by atoms with Crippen LogP contribution in [-0.4, -0.2) is 20.0 Å². The van der Waals surface area contributed by atoms with Crippen molar-refractivity contribution in [2.24, 2.45) is 0 Å². The summed E-state index contributed by atoms with van der Waals surface area (Å²) < 4.78 is 21.7. The predicted molar refractivity (Wildman–Crippen MR) is 114 cm³/mol. The fraction of sp³-hybridized carbons (Fsp3) is 1.00. The van der Waals surface area contributed by atoms with Crippen LogP contribution in [0.4, 0.5) is 0 Å². The fourth-order valence-electron chi connectivity index (χ4n) is 3.01. The fourth-order valence-corrected chi connectivity index (χ4v) is 5.61. The van der Waals surface area contributed by atoms with Crippen LogP contribution in [0, 0.1) is 0 Å². The third-order valence-corrected chi connectivity index (χ3v) is 8.77. The van der Waals surface area contributed by atoms with Crippen molar-refractivity contribution < 1.29 is 13.6 Å². The van der Waals surface area contributed by atoms with Gasteiger partial charge in [0.15, 0.2) is 0 Å². The standard InChI is InChI=1S/C20H43O3PS/c1-4-5-6-7-8-9-10-11-12-13-14-15-16-17-18-19-20-25-24(21,22-2)23-3/h4-20H2,1-3H3. The van der Waals surface area contributed by atoms with E-state index in [1.54, 1.807) is 0 Å². The molecule has 0 aliphatic rings. The Labute approximate surface area is 161 Å². The summed E-state index contributed by atoms with van der Waals surface area (Å²) in [4.78, 5) is 0. The highest BCUT2D eigenvalue weighted by atomic mass is 32.7. The molecule has 0 aliphatic carbocycles. The molecule has 0 amide bonds. The van der Waals surface area contributed by atoms with E-state index in [4.69, 9.17) is 9.05 Å². The third-order valence-electron chi connectivity index (χ3n) is 4.69. The minimum atomic E-state index is -2.85. The second-order valence-electron chi connectivity index (χ2n) is 6.95. The Hall–Kier alpha value is 0.500. The molecule has 3 nitrogen and oxygen atoms in total. The van der Waals surface area contributed by atoms with Gasteiger partial charge in [-0.1, -0.05) is 103 Å². The number of rotatable bonds is 20. The van der Waals surface area contributed by atoms with Crippen LogP contribution < -0.4 is 0 Å². The third kappa shape index (κ3) is 17.7. The quantitative estimate of drug-likeness (QED) is 0.153. The predicted octanol–water partition coefficient (Wildman–Crippen LogP) is 8.38. The van der Waals surface area contributed by atoms with Gasteiger partial charge in [-0.15, -0.1) is 0 Å².